The van der Waals surface area contributed by atoms with Crippen molar-refractivity contribution < 1.29 is 23.8 Å². The minimum atomic E-state index is -1.90. The lowest BCUT2D eigenvalue weighted by atomic mass is 9.46. The van der Waals surface area contributed by atoms with Gasteiger partial charge in [-0.3, -0.25) is 4.79 Å². The summed E-state index contributed by atoms with van der Waals surface area (Å²) in [6.07, 6.45) is 1.03. The van der Waals surface area contributed by atoms with Gasteiger partial charge in [-0.2, -0.15) is 0 Å². The van der Waals surface area contributed by atoms with Gasteiger partial charge in [0.1, 0.15) is 6.10 Å². The van der Waals surface area contributed by atoms with Gasteiger partial charge in [0.2, 0.25) is 0 Å². The summed E-state index contributed by atoms with van der Waals surface area (Å²) in [4.78, 5) is 12.5. The van der Waals surface area contributed by atoms with Gasteiger partial charge in [0.05, 0.1) is 25.2 Å². The zero-order valence-electron chi connectivity index (χ0n) is 18.0. The molecule has 0 unspecified atom stereocenters. The maximum absolute atomic E-state index is 12.5. The van der Waals surface area contributed by atoms with Crippen molar-refractivity contribution in [3.05, 3.63) is 35.9 Å². The number of aliphatic hydroxyl groups excluding tert-OH is 1. The van der Waals surface area contributed by atoms with Crippen LogP contribution in [0.5, 0.6) is 0 Å². The Hall–Kier alpha value is -1.21. The fourth-order valence-electron chi connectivity index (χ4n) is 6.36. The zero-order valence-corrected chi connectivity index (χ0v) is 19.0. The Bertz CT molecular complexity index is 733. The summed E-state index contributed by atoms with van der Waals surface area (Å²) in [5.41, 5.74) is 0.655. The van der Waals surface area contributed by atoms with E-state index in [-0.39, 0.29) is 48.3 Å². The van der Waals surface area contributed by atoms with E-state index in [0.717, 1.165) is 12.0 Å². The molecule has 5 rings (SSSR count). The van der Waals surface area contributed by atoms with Crippen molar-refractivity contribution in [3.8, 4) is 0 Å². The van der Waals surface area contributed by atoms with Crippen LogP contribution in [0.15, 0.2) is 30.3 Å². The number of benzene rings is 1. The molecule has 1 aliphatic heterocycles. The molecule has 1 aromatic carbocycles. The normalized spacial score (nSPS) is 38.7. The van der Waals surface area contributed by atoms with Crippen LogP contribution in [0.2, 0.25) is 19.6 Å². The first-order valence-corrected chi connectivity index (χ1v) is 14.3. The molecule has 5 nitrogen and oxygen atoms in total. The fraction of sp³-hybridized carbons (Fsp3) is 0.696. The number of rotatable bonds is 7. The molecule has 7 atom stereocenters. The van der Waals surface area contributed by atoms with Gasteiger partial charge in [-0.05, 0) is 55.3 Å². The molecule has 3 aliphatic carbocycles. The summed E-state index contributed by atoms with van der Waals surface area (Å²) in [7, 11) is -1.90. The third kappa shape index (κ3) is 3.80. The molecule has 0 amide bonds. The molecule has 1 N–H and O–H groups in total. The highest BCUT2D eigenvalue weighted by Gasteiger charge is 2.68. The van der Waals surface area contributed by atoms with Crippen molar-refractivity contribution in [2.24, 2.45) is 29.6 Å². The van der Waals surface area contributed by atoms with Crippen LogP contribution < -0.4 is 0 Å². The van der Waals surface area contributed by atoms with Gasteiger partial charge in [0.15, 0.2) is 8.32 Å². The number of hydrogen-bond donors (Lipinski definition) is 1. The number of hydrogen-bond acceptors (Lipinski definition) is 5. The van der Waals surface area contributed by atoms with E-state index in [1.165, 1.54) is 0 Å². The van der Waals surface area contributed by atoms with Crippen molar-refractivity contribution in [1.82, 2.24) is 0 Å². The van der Waals surface area contributed by atoms with Crippen LogP contribution in [0.1, 0.15) is 25.3 Å². The molecule has 0 aromatic heterocycles. The molecular formula is C23H34O5Si. The van der Waals surface area contributed by atoms with Crippen LogP contribution in [0, 0.1) is 29.6 Å². The van der Waals surface area contributed by atoms with Crippen molar-refractivity contribution in [3.63, 3.8) is 0 Å². The Morgan fingerprint density at radius 1 is 1.21 bits per heavy atom. The van der Waals surface area contributed by atoms with Gasteiger partial charge < -0.3 is 19.0 Å². The molecular weight excluding hydrogens is 384 g/mol. The first kappa shape index (κ1) is 21.0. The number of aliphatic hydroxyl groups is 1. The third-order valence-electron chi connectivity index (χ3n) is 7.28. The van der Waals surface area contributed by atoms with Crippen molar-refractivity contribution >= 4 is 14.3 Å². The van der Waals surface area contributed by atoms with Crippen LogP contribution in [0.25, 0.3) is 0 Å². The van der Waals surface area contributed by atoms with Gasteiger partial charge in [-0.15, -0.1) is 0 Å². The van der Waals surface area contributed by atoms with E-state index in [0.29, 0.717) is 19.6 Å². The molecule has 3 saturated carbocycles. The van der Waals surface area contributed by atoms with E-state index in [1.807, 2.05) is 18.2 Å². The Balaban J connectivity index is 1.61. The number of carbonyl (C=O) groups is 1. The summed E-state index contributed by atoms with van der Waals surface area (Å²) >= 11 is 0. The standard InChI is InChI=1S/C23H34O5Si/c1-15-17-10-20-22(23(15,11-21(25)27-20)28-29(2,3)4)19(18(17)12-24)14-26-13-16-8-6-5-7-9-16/h5-9,15,17-20,22,24H,10-14H2,1-4H3/t15-,17+,18+,19-,20+,22-,23+/m0/s1. The van der Waals surface area contributed by atoms with E-state index in [1.54, 1.807) is 0 Å². The van der Waals surface area contributed by atoms with E-state index in [2.05, 4.69) is 38.7 Å². The topological polar surface area (TPSA) is 65.0 Å². The fourth-order valence-corrected chi connectivity index (χ4v) is 7.89. The molecule has 6 heteroatoms. The van der Waals surface area contributed by atoms with Gasteiger partial charge in [-0.1, -0.05) is 37.3 Å². The molecule has 4 aliphatic rings. The van der Waals surface area contributed by atoms with Gasteiger partial charge in [0.25, 0.3) is 0 Å². The molecule has 160 valence electrons. The maximum Gasteiger partial charge on any atom is 0.308 e. The van der Waals surface area contributed by atoms with Crippen molar-refractivity contribution in [2.45, 2.75) is 57.7 Å². The highest BCUT2D eigenvalue weighted by Crippen LogP contribution is 2.62. The lowest BCUT2D eigenvalue weighted by Gasteiger charge is -2.66. The third-order valence-corrected chi connectivity index (χ3v) is 8.27. The number of ether oxygens (including phenoxy) is 2. The first-order valence-electron chi connectivity index (χ1n) is 10.9. The summed E-state index contributed by atoms with van der Waals surface area (Å²) in [5, 5.41) is 10.3. The summed E-state index contributed by atoms with van der Waals surface area (Å²) < 4.78 is 18.8. The monoisotopic (exact) mass is 418 g/mol. The molecule has 29 heavy (non-hydrogen) atoms. The van der Waals surface area contributed by atoms with E-state index >= 15 is 0 Å². The van der Waals surface area contributed by atoms with Crippen molar-refractivity contribution in [2.75, 3.05) is 13.2 Å². The zero-order chi connectivity index (χ0) is 20.8. The van der Waals surface area contributed by atoms with Crippen LogP contribution in [-0.2, 0) is 25.3 Å². The van der Waals surface area contributed by atoms with Gasteiger partial charge >= 0.3 is 5.97 Å². The number of fused-ring (bicyclic) bond motifs is 1. The quantitative estimate of drug-likeness (QED) is 0.541. The van der Waals surface area contributed by atoms with E-state index in [9.17, 15) is 9.90 Å². The molecule has 1 saturated heterocycles. The largest absolute Gasteiger partial charge is 0.462 e. The predicted molar refractivity (Wildman–Crippen MR) is 113 cm³/mol. The highest BCUT2D eigenvalue weighted by molar-refractivity contribution is 6.69. The lowest BCUT2D eigenvalue weighted by molar-refractivity contribution is -0.269. The molecule has 4 fully saturated rings. The Kier molecular flexibility index (Phi) is 5.66. The van der Waals surface area contributed by atoms with Gasteiger partial charge in [0, 0.05) is 12.5 Å². The summed E-state index contributed by atoms with van der Waals surface area (Å²) in [5.74, 6) is 0.752. The van der Waals surface area contributed by atoms with Crippen LogP contribution in [0.4, 0.5) is 0 Å². The van der Waals surface area contributed by atoms with Crippen molar-refractivity contribution in [1.29, 1.82) is 0 Å². The summed E-state index contributed by atoms with van der Waals surface area (Å²) in [6.45, 7) is 10.0. The molecule has 0 spiro atoms. The van der Waals surface area contributed by atoms with Crippen LogP contribution in [-0.4, -0.2) is 44.3 Å². The maximum atomic E-state index is 12.5. The second-order valence-corrected chi connectivity index (χ2v) is 14.5. The Morgan fingerprint density at radius 3 is 2.59 bits per heavy atom. The van der Waals surface area contributed by atoms with Crippen LogP contribution >= 0.6 is 0 Å². The van der Waals surface area contributed by atoms with Crippen LogP contribution in [0.3, 0.4) is 0 Å². The SMILES string of the molecule is C[C@H]1[C@H]2C[C@H]3OC(=O)C[C@]1(O[Si](C)(C)C)[C@H]3[C@@H](COCc1ccccc1)[C@@H]2CO. The minimum absolute atomic E-state index is 0.0832. The average Bonchev–Trinajstić information content (AvgIpc) is 2.64. The highest BCUT2D eigenvalue weighted by atomic mass is 28.4. The lowest BCUT2D eigenvalue weighted by Crippen LogP contribution is -2.73. The smallest absolute Gasteiger partial charge is 0.308 e. The predicted octanol–water partition coefficient (Wildman–Crippen LogP) is 3.62. The number of carbonyl (C=O) groups excluding carboxylic acids is 1. The number of esters is 1. The Labute approximate surface area is 174 Å². The molecule has 0 radical (unpaired) electrons. The van der Waals surface area contributed by atoms with E-state index < -0.39 is 13.9 Å². The molecule has 1 aromatic rings. The van der Waals surface area contributed by atoms with Gasteiger partial charge in [-0.25, -0.2) is 0 Å². The molecule has 4 bridgehead atoms. The second-order valence-electron chi connectivity index (χ2n) is 10.1. The first-order chi connectivity index (χ1) is 13.7. The van der Waals surface area contributed by atoms with E-state index in [4.69, 9.17) is 13.9 Å². The minimum Gasteiger partial charge on any atom is -0.462 e. The molecule has 1 heterocycles. The Morgan fingerprint density at radius 2 is 1.93 bits per heavy atom. The summed E-state index contributed by atoms with van der Waals surface area (Å²) in [6, 6.07) is 10.1. The second kappa shape index (κ2) is 7.80. The average molecular weight is 419 g/mol.